The molecule has 4 aromatic rings. The number of halogens is 1. The van der Waals surface area contributed by atoms with Crippen molar-refractivity contribution in [1.29, 1.82) is 0 Å². The van der Waals surface area contributed by atoms with Crippen LogP contribution in [0.2, 0.25) is 5.02 Å². The molecule has 1 aliphatic rings. The molecule has 1 N–H and O–H groups in total. The van der Waals surface area contributed by atoms with Crippen molar-refractivity contribution in [3.8, 4) is 23.0 Å². The van der Waals surface area contributed by atoms with Gasteiger partial charge in [-0.1, -0.05) is 35.9 Å². The summed E-state index contributed by atoms with van der Waals surface area (Å²) < 4.78 is 27.9. The van der Waals surface area contributed by atoms with Crippen LogP contribution in [0, 0.1) is 0 Å². The number of amides is 1. The fourth-order valence-corrected chi connectivity index (χ4v) is 6.39. The normalized spacial score (nSPS) is 14.4. The Labute approximate surface area is 283 Å². The van der Waals surface area contributed by atoms with E-state index in [0.29, 0.717) is 35.9 Å². The topological polar surface area (TPSA) is 108 Å². The van der Waals surface area contributed by atoms with Crippen LogP contribution >= 0.6 is 22.9 Å². The molecule has 248 valence electrons. The number of aromatic nitrogens is 1. The van der Waals surface area contributed by atoms with Gasteiger partial charge in [-0.25, -0.2) is 9.78 Å². The van der Waals surface area contributed by atoms with Crippen LogP contribution in [0.4, 0.5) is 0 Å². The minimum Gasteiger partial charge on any atom is -0.497 e. The molecule has 1 saturated heterocycles. The van der Waals surface area contributed by atoms with E-state index in [1.165, 1.54) is 11.3 Å². The molecule has 2 heterocycles. The van der Waals surface area contributed by atoms with Crippen LogP contribution in [-0.4, -0.2) is 68.8 Å². The van der Waals surface area contributed by atoms with E-state index < -0.39 is 0 Å². The molecule has 0 unspecified atom stereocenters. The summed E-state index contributed by atoms with van der Waals surface area (Å²) in [4.78, 5) is 32.6. The average Bonchev–Trinajstić information content (AvgIpc) is 3.78. The zero-order valence-electron chi connectivity index (χ0n) is 26.6. The first kappa shape index (κ1) is 34.0. The van der Waals surface area contributed by atoms with Gasteiger partial charge in [0.1, 0.15) is 29.6 Å². The molecule has 1 amide bonds. The summed E-state index contributed by atoms with van der Waals surface area (Å²) in [6.45, 7) is 5.38. The number of carbonyl (C=O) groups excluding carboxylic acids is 2. The Kier molecular flexibility index (Phi) is 11.9. The highest BCUT2D eigenvalue weighted by atomic mass is 35.5. The van der Waals surface area contributed by atoms with Gasteiger partial charge in [-0.2, -0.15) is 0 Å². The Morgan fingerprint density at radius 3 is 2.26 bits per heavy atom. The minimum atomic E-state index is -0.335. The Hall–Kier alpha value is -4.32. The molecule has 12 heteroatoms. The molecule has 0 radical (unpaired) electrons. The Bertz CT molecular complexity index is 1650. The van der Waals surface area contributed by atoms with E-state index in [-0.39, 0.29) is 41.8 Å². The molecule has 1 aromatic heterocycles. The highest BCUT2D eigenvalue weighted by Crippen LogP contribution is 2.39. The maximum atomic E-state index is 13.3. The second-order valence-corrected chi connectivity index (χ2v) is 12.3. The van der Waals surface area contributed by atoms with Gasteiger partial charge >= 0.3 is 5.97 Å². The lowest BCUT2D eigenvalue weighted by atomic mass is 10.1. The van der Waals surface area contributed by atoms with E-state index in [9.17, 15) is 9.59 Å². The average molecular weight is 680 g/mol. The van der Waals surface area contributed by atoms with Gasteiger partial charge in [0.05, 0.1) is 42.6 Å². The third-order valence-electron chi connectivity index (χ3n) is 7.74. The summed E-state index contributed by atoms with van der Waals surface area (Å²) in [5.74, 6) is 1.81. The molecule has 3 aromatic carbocycles. The fourth-order valence-electron chi connectivity index (χ4n) is 5.16. The van der Waals surface area contributed by atoms with Crippen molar-refractivity contribution in [2.75, 3.05) is 47.0 Å². The molecule has 47 heavy (non-hydrogen) atoms. The van der Waals surface area contributed by atoms with E-state index >= 15 is 0 Å². The Morgan fingerprint density at radius 2 is 1.62 bits per heavy atom. The van der Waals surface area contributed by atoms with Gasteiger partial charge in [-0.3, -0.25) is 4.79 Å². The smallest absolute Gasteiger partial charge is 0.349 e. The Morgan fingerprint density at radius 1 is 0.957 bits per heavy atom. The van der Waals surface area contributed by atoms with Crippen LogP contribution in [0.25, 0.3) is 0 Å². The van der Waals surface area contributed by atoms with Gasteiger partial charge in [-0.15, -0.1) is 11.3 Å². The molecule has 0 bridgehead atoms. The highest BCUT2D eigenvalue weighted by Gasteiger charge is 2.27. The molecular weight excluding hydrogens is 642 g/mol. The summed E-state index contributed by atoms with van der Waals surface area (Å²) in [6, 6.07) is 18.4. The van der Waals surface area contributed by atoms with Crippen molar-refractivity contribution in [3.63, 3.8) is 0 Å². The summed E-state index contributed by atoms with van der Waals surface area (Å²) in [6.07, 6.45) is 2.53. The van der Waals surface area contributed by atoms with Crippen LogP contribution in [0.3, 0.4) is 0 Å². The van der Waals surface area contributed by atoms with Crippen LogP contribution in [0.15, 0.2) is 66.9 Å². The van der Waals surface area contributed by atoms with Gasteiger partial charge in [-0.05, 0) is 67.4 Å². The number of ether oxygens (including phenoxy) is 5. The first-order chi connectivity index (χ1) is 22.9. The number of methoxy groups -OCH3 is 2. The number of thiazole rings is 1. The first-order valence-electron chi connectivity index (χ1n) is 15.4. The summed E-state index contributed by atoms with van der Waals surface area (Å²) in [5.41, 5.74) is 2.13. The number of rotatable bonds is 15. The maximum Gasteiger partial charge on any atom is 0.349 e. The lowest BCUT2D eigenvalue weighted by Gasteiger charge is -2.18. The minimum absolute atomic E-state index is 0.172. The zero-order chi connectivity index (χ0) is 33.2. The van der Waals surface area contributed by atoms with Crippen LogP contribution in [0.1, 0.15) is 55.4 Å². The molecule has 0 saturated carbocycles. The summed E-state index contributed by atoms with van der Waals surface area (Å²) in [5, 5.41) is 4.10. The zero-order valence-corrected chi connectivity index (χ0v) is 28.2. The first-order valence-corrected chi connectivity index (χ1v) is 16.5. The number of hydrogen-bond donors (Lipinski definition) is 1. The molecule has 5 rings (SSSR count). The predicted octanol–water partition coefficient (Wildman–Crippen LogP) is 6.37. The summed E-state index contributed by atoms with van der Waals surface area (Å²) in [7, 11) is 3.23. The van der Waals surface area contributed by atoms with E-state index in [1.807, 2.05) is 48.5 Å². The molecule has 1 aliphatic heterocycles. The van der Waals surface area contributed by atoms with Crippen molar-refractivity contribution in [1.82, 2.24) is 15.2 Å². The second-order valence-electron chi connectivity index (χ2n) is 10.9. The van der Waals surface area contributed by atoms with E-state index in [4.69, 9.17) is 35.3 Å². The summed E-state index contributed by atoms with van der Waals surface area (Å²) >= 11 is 8.22. The predicted molar refractivity (Wildman–Crippen MR) is 180 cm³/mol. The van der Waals surface area contributed by atoms with Crippen LogP contribution < -0.4 is 24.3 Å². The number of carbonyl (C=O) groups is 2. The van der Waals surface area contributed by atoms with Crippen molar-refractivity contribution >= 4 is 34.8 Å². The molecule has 1 atom stereocenters. The number of nitrogens with zero attached hydrogens (tertiary/aromatic N) is 2. The number of benzene rings is 3. The van der Waals surface area contributed by atoms with Crippen LogP contribution in [0.5, 0.6) is 23.0 Å². The molecule has 10 nitrogen and oxygen atoms in total. The maximum absolute atomic E-state index is 13.3. The largest absolute Gasteiger partial charge is 0.497 e. The van der Waals surface area contributed by atoms with Crippen molar-refractivity contribution in [2.24, 2.45) is 0 Å². The molecule has 0 aliphatic carbocycles. The van der Waals surface area contributed by atoms with E-state index in [0.717, 1.165) is 47.1 Å². The van der Waals surface area contributed by atoms with Gasteiger partial charge in [0.2, 0.25) is 0 Å². The van der Waals surface area contributed by atoms with Gasteiger partial charge in [0, 0.05) is 25.6 Å². The van der Waals surface area contributed by atoms with Gasteiger partial charge < -0.3 is 33.9 Å². The van der Waals surface area contributed by atoms with Gasteiger partial charge in [0.15, 0.2) is 11.5 Å². The monoisotopic (exact) mass is 679 g/mol. The fraction of sp³-hybridized carbons (Fsp3) is 0.343. The van der Waals surface area contributed by atoms with Crippen molar-refractivity contribution in [2.45, 2.75) is 32.5 Å². The molecular formula is C35H38ClN3O7S. The standard InChI is InChI=1S/C35H38ClN3O7S/c1-4-44-35(41)30-19-38-34(47-30)25-15-17-39(20-25)18-16-37-33(40)28-13-14-29(45-21-23-5-9-26(42-2)10-6-23)32(31(28)36)46-22-24-7-11-27(43-3)12-8-24/h5-14,19,25H,4,15-18,20-22H2,1-3H3,(H,37,40)/t25-/m1/s1. The van der Waals surface area contributed by atoms with Crippen molar-refractivity contribution < 1.29 is 33.3 Å². The number of likely N-dealkylation sites (tertiary alicyclic amines) is 1. The molecule has 0 spiro atoms. The highest BCUT2D eigenvalue weighted by molar-refractivity contribution is 7.13. The molecule has 1 fully saturated rings. The SMILES string of the molecule is CCOC(=O)c1cnc([C@@H]2CCN(CCNC(=O)c3ccc(OCc4ccc(OC)cc4)c(OCc4ccc(OC)cc4)c3Cl)C2)s1. The Balaban J connectivity index is 1.21. The number of nitrogens with one attached hydrogen (secondary N) is 1. The van der Waals surface area contributed by atoms with Crippen molar-refractivity contribution in [3.05, 3.63) is 98.5 Å². The van der Waals surface area contributed by atoms with E-state index in [1.54, 1.807) is 39.5 Å². The van der Waals surface area contributed by atoms with Gasteiger partial charge in [0.25, 0.3) is 5.91 Å². The lowest BCUT2D eigenvalue weighted by molar-refractivity contribution is 0.0531. The lowest BCUT2D eigenvalue weighted by Crippen LogP contribution is -2.34. The number of hydrogen-bond acceptors (Lipinski definition) is 10. The third kappa shape index (κ3) is 8.94. The van der Waals surface area contributed by atoms with E-state index in [2.05, 4.69) is 15.2 Å². The quantitative estimate of drug-likeness (QED) is 0.144. The van der Waals surface area contributed by atoms with Crippen LogP contribution in [-0.2, 0) is 18.0 Å². The third-order valence-corrected chi connectivity index (χ3v) is 9.25. The second kappa shape index (κ2) is 16.5. The number of esters is 1.